The third-order valence-electron chi connectivity index (χ3n) is 4.70. The second-order valence-corrected chi connectivity index (χ2v) is 9.51. The molecule has 0 saturated carbocycles. The van der Waals surface area contributed by atoms with E-state index in [1.807, 2.05) is 55.5 Å². The topological polar surface area (TPSA) is 45.1 Å². The third-order valence-corrected chi connectivity index (χ3v) is 7.06. The molecule has 2 heterocycles. The molecule has 1 aromatic heterocycles. The summed E-state index contributed by atoms with van der Waals surface area (Å²) in [6, 6.07) is 7.88. The van der Waals surface area contributed by atoms with Gasteiger partial charge >= 0.3 is 143 Å². The fourth-order valence-corrected chi connectivity index (χ4v) is 5.63. The Labute approximate surface area is 143 Å². The van der Waals surface area contributed by atoms with E-state index in [0.29, 0.717) is 0 Å². The van der Waals surface area contributed by atoms with Gasteiger partial charge in [-0.2, -0.15) is 0 Å². The molecule has 0 bridgehead atoms. The SMILES string of the molecule is CC1(C)C=C(CCCn2[se]c3ccccc3c2=O)C(C)(C)N1[O]. The number of aromatic nitrogens is 1. The number of fused-ring (bicyclic) bond motifs is 1. The van der Waals surface area contributed by atoms with E-state index in [0.717, 1.165) is 24.8 Å². The van der Waals surface area contributed by atoms with Gasteiger partial charge in [0, 0.05) is 0 Å². The maximum absolute atomic E-state index is 12.4. The average Bonchev–Trinajstić information content (AvgIpc) is 2.89. The van der Waals surface area contributed by atoms with Gasteiger partial charge in [0.2, 0.25) is 0 Å². The van der Waals surface area contributed by atoms with Gasteiger partial charge in [0.05, 0.1) is 0 Å². The number of hydroxylamine groups is 2. The molecule has 5 heteroatoms. The molecule has 1 aromatic carbocycles. The normalized spacial score (nSPS) is 20.1. The van der Waals surface area contributed by atoms with Gasteiger partial charge in [0.25, 0.3) is 0 Å². The summed E-state index contributed by atoms with van der Waals surface area (Å²) in [5.41, 5.74) is 0.454. The van der Waals surface area contributed by atoms with Crippen molar-refractivity contribution in [1.82, 2.24) is 8.63 Å². The van der Waals surface area contributed by atoms with Gasteiger partial charge < -0.3 is 0 Å². The Bertz CT molecular complexity index is 814. The zero-order valence-electron chi connectivity index (χ0n) is 14.1. The van der Waals surface area contributed by atoms with Gasteiger partial charge in [-0.3, -0.25) is 0 Å². The molecular formula is C18H23N2O2Se. The zero-order valence-corrected chi connectivity index (χ0v) is 15.8. The number of benzene rings is 1. The first kappa shape index (κ1) is 16.7. The molecule has 0 fully saturated rings. The number of rotatable bonds is 4. The van der Waals surface area contributed by atoms with E-state index in [-0.39, 0.29) is 20.3 Å². The molecule has 2 aromatic rings. The molecule has 0 N–H and O–H groups in total. The van der Waals surface area contributed by atoms with Gasteiger partial charge in [0.1, 0.15) is 0 Å². The monoisotopic (exact) mass is 379 g/mol. The second-order valence-electron chi connectivity index (χ2n) is 7.27. The van der Waals surface area contributed by atoms with Crippen molar-refractivity contribution >= 4 is 24.4 Å². The molecule has 0 saturated heterocycles. The number of nitrogens with zero attached hydrogens (tertiary/aromatic N) is 2. The standard InChI is InChI=1S/C18H23N2O2Se/c1-17(2)12-13(18(3,4)20(17)22)8-7-11-19-16(21)14-9-5-6-10-15(14)23-19/h5-6,9-10,12H,7-8,11H2,1-4H3. The first-order valence-electron chi connectivity index (χ1n) is 8.02. The maximum atomic E-state index is 12.4. The van der Waals surface area contributed by atoms with E-state index in [2.05, 4.69) is 6.08 Å². The van der Waals surface area contributed by atoms with Crippen molar-refractivity contribution in [2.45, 2.75) is 58.2 Å². The van der Waals surface area contributed by atoms with Crippen molar-refractivity contribution in [2.75, 3.05) is 0 Å². The predicted molar refractivity (Wildman–Crippen MR) is 93.1 cm³/mol. The van der Waals surface area contributed by atoms with Crippen molar-refractivity contribution in [3.05, 3.63) is 46.3 Å². The molecule has 1 aliphatic rings. The number of hydrogen-bond acceptors (Lipinski definition) is 2. The Morgan fingerprint density at radius 2 is 1.83 bits per heavy atom. The zero-order chi connectivity index (χ0) is 16.8. The van der Waals surface area contributed by atoms with Crippen LogP contribution in [0.4, 0.5) is 0 Å². The summed E-state index contributed by atoms with van der Waals surface area (Å²) < 4.78 is 3.15. The quantitative estimate of drug-likeness (QED) is 0.607. The van der Waals surface area contributed by atoms with Crippen LogP contribution in [0.5, 0.6) is 0 Å². The Balaban J connectivity index is 1.72. The van der Waals surface area contributed by atoms with E-state index < -0.39 is 11.1 Å². The minimum atomic E-state index is -0.452. The van der Waals surface area contributed by atoms with Gasteiger partial charge in [-0.15, -0.1) is 0 Å². The van der Waals surface area contributed by atoms with E-state index in [1.54, 1.807) is 0 Å². The molecule has 0 spiro atoms. The summed E-state index contributed by atoms with van der Waals surface area (Å²) in [4.78, 5) is 12.4. The first-order chi connectivity index (χ1) is 10.7. The summed E-state index contributed by atoms with van der Waals surface area (Å²) in [5, 5.41) is 14.4. The predicted octanol–water partition coefficient (Wildman–Crippen LogP) is 2.98. The van der Waals surface area contributed by atoms with Crippen LogP contribution in [0.1, 0.15) is 40.5 Å². The molecule has 0 unspecified atom stereocenters. The average molecular weight is 378 g/mol. The summed E-state index contributed by atoms with van der Waals surface area (Å²) in [6.45, 7) is 8.65. The van der Waals surface area contributed by atoms with Crippen LogP contribution in [0.25, 0.3) is 9.65 Å². The molecular weight excluding hydrogens is 355 g/mol. The van der Waals surface area contributed by atoms with Crippen molar-refractivity contribution < 1.29 is 5.21 Å². The third kappa shape index (κ3) is 2.87. The molecule has 23 heavy (non-hydrogen) atoms. The number of hydrogen-bond donors (Lipinski definition) is 0. The molecule has 1 radical (unpaired) electrons. The van der Waals surface area contributed by atoms with Gasteiger partial charge in [-0.1, -0.05) is 0 Å². The van der Waals surface area contributed by atoms with Crippen LogP contribution in [-0.4, -0.2) is 34.4 Å². The van der Waals surface area contributed by atoms with Crippen molar-refractivity contribution in [2.24, 2.45) is 0 Å². The van der Waals surface area contributed by atoms with Crippen LogP contribution < -0.4 is 5.56 Å². The number of aryl methyl sites for hydroxylation is 1. The van der Waals surface area contributed by atoms with E-state index in [4.69, 9.17) is 0 Å². The van der Waals surface area contributed by atoms with Crippen molar-refractivity contribution in [3.8, 4) is 0 Å². The minimum absolute atomic E-state index is 0.0943. The summed E-state index contributed by atoms with van der Waals surface area (Å²) >= 11 is 0.0943. The van der Waals surface area contributed by atoms with Gasteiger partial charge in [-0.05, 0) is 0 Å². The van der Waals surface area contributed by atoms with Crippen LogP contribution in [-0.2, 0) is 11.8 Å². The van der Waals surface area contributed by atoms with Crippen LogP contribution >= 0.6 is 0 Å². The van der Waals surface area contributed by atoms with Crippen molar-refractivity contribution in [1.29, 1.82) is 0 Å². The van der Waals surface area contributed by atoms with E-state index in [9.17, 15) is 10.0 Å². The van der Waals surface area contributed by atoms with Gasteiger partial charge in [0.15, 0.2) is 0 Å². The molecule has 0 amide bonds. The Hall–Kier alpha value is -1.13. The second kappa shape index (κ2) is 5.75. The Morgan fingerprint density at radius 3 is 2.43 bits per heavy atom. The van der Waals surface area contributed by atoms with E-state index in [1.165, 1.54) is 14.9 Å². The van der Waals surface area contributed by atoms with Gasteiger partial charge in [-0.25, -0.2) is 0 Å². The fraction of sp³-hybridized carbons (Fsp3) is 0.500. The first-order valence-corrected chi connectivity index (χ1v) is 9.64. The molecule has 123 valence electrons. The molecule has 0 aliphatic carbocycles. The van der Waals surface area contributed by atoms with Crippen LogP contribution in [0.15, 0.2) is 40.7 Å². The van der Waals surface area contributed by atoms with Crippen LogP contribution in [0.2, 0.25) is 0 Å². The van der Waals surface area contributed by atoms with Crippen LogP contribution in [0, 0.1) is 0 Å². The Morgan fingerprint density at radius 1 is 1.13 bits per heavy atom. The van der Waals surface area contributed by atoms with Crippen LogP contribution in [0.3, 0.4) is 0 Å². The molecule has 0 atom stereocenters. The summed E-state index contributed by atoms with van der Waals surface area (Å²) in [6.07, 6.45) is 3.87. The summed E-state index contributed by atoms with van der Waals surface area (Å²) in [7, 11) is 0. The molecule has 3 rings (SSSR count). The van der Waals surface area contributed by atoms with E-state index >= 15 is 0 Å². The molecule has 4 nitrogen and oxygen atoms in total. The summed E-state index contributed by atoms with van der Waals surface area (Å²) in [5.74, 6) is 0. The van der Waals surface area contributed by atoms with Crippen molar-refractivity contribution in [3.63, 3.8) is 0 Å². The molecule has 1 aliphatic heterocycles. The fourth-order valence-electron chi connectivity index (χ4n) is 3.47. The Kier molecular flexibility index (Phi) is 4.18.